The summed E-state index contributed by atoms with van der Waals surface area (Å²) in [5.74, 6) is 0. The van der Waals surface area contributed by atoms with E-state index in [2.05, 4.69) is 44.0 Å². The number of hydrogen-bond donors (Lipinski definition) is 3. The molecule has 0 aliphatic carbocycles. The van der Waals surface area contributed by atoms with Crippen molar-refractivity contribution in [3.05, 3.63) is 0 Å². The minimum absolute atomic E-state index is 0. The van der Waals surface area contributed by atoms with Crippen LogP contribution in [0.15, 0.2) is 0 Å². The van der Waals surface area contributed by atoms with Gasteiger partial charge in [-0.2, -0.15) is 0 Å². The van der Waals surface area contributed by atoms with Crippen molar-refractivity contribution in [1.29, 1.82) is 0 Å². The Bertz CT molecular complexity index is 64.7. The van der Waals surface area contributed by atoms with E-state index in [-0.39, 0.29) is 28.0 Å². The van der Waals surface area contributed by atoms with E-state index in [9.17, 15) is 0 Å². The van der Waals surface area contributed by atoms with Gasteiger partial charge in [-0.1, -0.05) is 26.1 Å². The molecular weight excluding hydrogens is 280 g/mol. The van der Waals surface area contributed by atoms with Crippen molar-refractivity contribution in [3.63, 3.8) is 0 Å². The molecular formula is C5H16N2S2Te. The van der Waals surface area contributed by atoms with Gasteiger partial charge in [0.05, 0.1) is 0 Å². The molecule has 3 N–H and O–H groups in total. The van der Waals surface area contributed by atoms with Gasteiger partial charge < -0.3 is 11.1 Å². The molecule has 0 saturated heterocycles. The van der Waals surface area contributed by atoms with Crippen LogP contribution in [-0.2, 0) is 0 Å². The zero-order chi connectivity index (χ0) is 7.70. The van der Waals surface area contributed by atoms with Crippen LogP contribution in [0.5, 0.6) is 0 Å². The van der Waals surface area contributed by atoms with E-state index < -0.39 is 0 Å². The van der Waals surface area contributed by atoms with Crippen molar-refractivity contribution in [3.8, 4) is 0 Å². The molecule has 0 spiro atoms. The molecule has 5 heteroatoms. The van der Waals surface area contributed by atoms with Crippen molar-refractivity contribution in [1.82, 2.24) is 5.32 Å². The molecule has 64 valence electrons. The van der Waals surface area contributed by atoms with Crippen LogP contribution >= 0.6 is 24.8 Å². The third kappa shape index (κ3) is 64.2. The number of thiocarbonyl (C=S) groups is 1. The van der Waals surface area contributed by atoms with E-state index in [0.717, 1.165) is 13.1 Å². The first kappa shape index (κ1) is 17.2. The summed E-state index contributed by atoms with van der Waals surface area (Å²) in [5.41, 5.74) is 4.71. The molecule has 0 aromatic heterocycles. The third-order valence-corrected chi connectivity index (χ3v) is 0.500. The van der Waals surface area contributed by atoms with Crippen LogP contribution in [0.25, 0.3) is 0 Å². The van der Waals surface area contributed by atoms with Gasteiger partial charge >= 0.3 is 23.7 Å². The van der Waals surface area contributed by atoms with E-state index in [1.807, 2.05) is 0 Å². The van der Waals surface area contributed by atoms with Gasteiger partial charge in [0, 0.05) is 0 Å². The Hall–Kier alpha value is 0.990. The van der Waals surface area contributed by atoms with Crippen LogP contribution in [-0.4, -0.2) is 41.1 Å². The van der Waals surface area contributed by atoms with Crippen molar-refractivity contribution in [2.75, 3.05) is 13.1 Å². The number of rotatable bonds is 2. The summed E-state index contributed by atoms with van der Waals surface area (Å²) < 4.78 is 0.194. The van der Waals surface area contributed by atoms with Gasteiger partial charge in [-0.25, -0.2) is 0 Å². The fraction of sp³-hybridized carbons (Fsp3) is 0.800. The normalized spacial score (nSPS) is 6.70. The fourth-order valence-corrected chi connectivity index (χ4v) is 0.250. The first-order valence-electron chi connectivity index (χ1n) is 2.84. The zero-order valence-electron chi connectivity index (χ0n) is 6.35. The summed E-state index contributed by atoms with van der Waals surface area (Å²) in [6.07, 6.45) is 0. The van der Waals surface area contributed by atoms with Crippen molar-refractivity contribution in [2.45, 2.75) is 13.8 Å². The Morgan fingerprint density at radius 2 is 1.70 bits per heavy atom. The molecule has 10 heavy (non-hydrogen) atoms. The second-order valence-corrected chi connectivity index (χ2v) is 2.52. The summed E-state index contributed by atoms with van der Waals surface area (Å²) in [6, 6.07) is 0. The second kappa shape index (κ2) is 16.5. The molecule has 0 rings (SSSR count). The summed E-state index contributed by atoms with van der Waals surface area (Å²) in [4.78, 5) is 0. The molecule has 0 aromatic rings. The van der Waals surface area contributed by atoms with Gasteiger partial charge in [0.25, 0.3) is 0 Å². The van der Waals surface area contributed by atoms with Gasteiger partial charge in [0.1, 0.15) is 4.32 Å². The van der Waals surface area contributed by atoms with E-state index in [1.165, 1.54) is 0 Å². The number of nitrogens with two attached hydrogens (primary N) is 1. The third-order valence-electron chi connectivity index (χ3n) is 0.500. The molecule has 2 nitrogen and oxygen atoms in total. The fourth-order valence-electron chi connectivity index (χ4n) is 0.250. The van der Waals surface area contributed by atoms with Gasteiger partial charge in [-0.05, 0) is 13.1 Å². The molecule has 0 heterocycles. The second-order valence-electron chi connectivity index (χ2n) is 1.30. The van der Waals surface area contributed by atoms with Gasteiger partial charge in [0.2, 0.25) is 0 Å². The van der Waals surface area contributed by atoms with Crippen LogP contribution in [0, 0.1) is 0 Å². The molecule has 0 saturated carbocycles. The van der Waals surface area contributed by atoms with Crippen LogP contribution in [0.2, 0.25) is 0 Å². The van der Waals surface area contributed by atoms with Crippen molar-refractivity contribution < 1.29 is 0 Å². The number of nitrogens with one attached hydrogen (secondary N) is 1. The molecule has 0 radical (unpaired) electrons. The Kier molecular flexibility index (Phi) is 28.4. The standard InChI is InChI=1S/C4H11N.CH3NS2.H2Te/c1-3-5-4-2;2-1(3)4;/h5H,3-4H2,1-2H3;(H3,2,3,4);1H2. The summed E-state index contributed by atoms with van der Waals surface area (Å²) in [5, 5.41) is 3.11. The SMILES string of the molecule is CCNCC.NC(=S)S.[TeH2]. The molecule has 0 bridgehead atoms. The van der Waals surface area contributed by atoms with Crippen LogP contribution in [0.3, 0.4) is 0 Å². The Morgan fingerprint density at radius 3 is 1.70 bits per heavy atom. The Morgan fingerprint density at radius 1 is 1.50 bits per heavy atom. The monoisotopic (exact) mass is 298 g/mol. The average Bonchev–Trinajstić information content (AvgIpc) is 1.66. The minimum atomic E-state index is 0. The predicted molar refractivity (Wildman–Crippen MR) is 58.5 cm³/mol. The molecule has 0 fully saturated rings. The van der Waals surface area contributed by atoms with Gasteiger partial charge in [0.15, 0.2) is 0 Å². The van der Waals surface area contributed by atoms with Crippen LogP contribution < -0.4 is 11.1 Å². The molecule has 0 unspecified atom stereocenters. The number of thiol groups is 1. The molecule has 0 aliphatic rings. The van der Waals surface area contributed by atoms with E-state index >= 15 is 0 Å². The first-order chi connectivity index (χ1) is 4.15. The molecule has 0 atom stereocenters. The molecule has 0 aliphatic heterocycles. The maximum atomic E-state index is 4.71. The Labute approximate surface area is 90.5 Å². The van der Waals surface area contributed by atoms with Crippen molar-refractivity contribution in [2.24, 2.45) is 5.73 Å². The summed E-state index contributed by atoms with van der Waals surface area (Å²) in [6.45, 7) is 6.39. The predicted octanol–water partition coefficient (Wildman–Crippen LogP) is -0.141. The van der Waals surface area contributed by atoms with Crippen LogP contribution in [0.1, 0.15) is 13.8 Å². The Balaban J connectivity index is -0.0000000910. The first-order valence-corrected chi connectivity index (χ1v) is 3.69. The molecule has 0 amide bonds. The zero-order valence-corrected chi connectivity index (χ0v) is 10.9. The maximum absolute atomic E-state index is 4.71. The van der Waals surface area contributed by atoms with E-state index in [0.29, 0.717) is 0 Å². The van der Waals surface area contributed by atoms with E-state index in [1.54, 1.807) is 0 Å². The van der Waals surface area contributed by atoms with Gasteiger partial charge in [-0.3, -0.25) is 0 Å². The van der Waals surface area contributed by atoms with E-state index in [4.69, 9.17) is 5.73 Å². The quantitative estimate of drug-likeness (QED) is 0.377. The molecule has 0 aromatic carbocycles. The van der Waals surface area contributed by atoms with Crippen molar-refractivity contribution >= 4 is 52.8 Å². The average molecular weight is 296 g/mol. The summed E-state index contributed by atoms with van der Waals surface area (Å²) >= 11 is 7.65. The summed E-state index contributed by atoms with van der Waals surface area (Å²) in [7, 11) is 0. The van der Waals surface area contributed by atoms with Gasteiger partial charge in [-0.15, -0.1) is 12.6 Å². The number of hydrogen-bond acceptors (Lipinski definition) is 2. The van der Waals surface area contributed by atoms with Crippen LogP contribution in [0.4, 0.5) is 0 Å². The topological polar surface area (TPSA) is 38.0 Å².